The molecule has 0 saturated carbocycles. The summed E-state index contributed by atoms with van der Waals surface area (Å²) in [5.74, 6) is 0.941. The van der Waals surface area contributed by atoms with Crippen molar-refractivity contribution in [1.82, 2.24) is 5.32 Å². The van der Waals surface area contributed by atoms with E-state index in [2.05, 4.69) is 43.4 Å². The maximum absolute atomic E-state index is 3.66. The molecule has 2 rings (SSSR count). The average molecular weight is 231 g/mol. The van der Waals surface area contributed by atoms with E-state index in [1.54, 1.807) is 0 Å². The molecule has 0 amide bonds. The molecule has 0 bridgehead atoms. The van der Waals surface area contributed by atoms with E-state index in [0.29, 0.717) is 6.04 Å². The standard InChI is InChI=1S/C16H25N/c1-3-13-5-7-15(8-6-13)12-16-11-14(4-2)9-10-17-16/h5-8,14,16-17H,3-4,9-12H2,1-2H3. The maximum atomic E-state index is 3.66. The lowest BCUT2D eigenvalue weighted by atomic mass is 9.87. The average Bonchev–Trinajstić information content (AvgIpc) is 2.40. The minimum Gasteiger partial charge on any atom is -0.314 e. The number of piperidine rings is 1. The van der Waals surface area contributed by atoms with Gasteiger partial charge in [-0.2, -0.15) is 0 Å². The summed E-state index contributed by atoms with van der Waals surface area (Å²) in [6, 6.07) is 9.85. The first-order chi connectivity index (χ1) is 8.31. The lowest BCUT2D eigenvalue weighted by Gasteiger charge is -2.29. The van der Waals surface area contributed by atoms with Gasteiger partial charge in [-0.25, -0.2) is 0 Å². The molecule has 1 saturated heterocycles. The van der Waals surface area contributed by atoms with Crippen LogP contribution in [0.25, 0.3) is 0 Å². The molecule has 0 radical (unpaired) electrons. The minimum absolute atomic E-state index is 0.696. The van der Waals surface area contributed by atoms with Crippen LogP contribution >= 0.6 is 0 Å². The molecule has 1 heteroatoms. The quantitative estimate of drug-likeness (QED) is 0.835. The van der Waals surface area contributed by atoms with Gasteiger partial charge in [0, 0.05) is 6.04 Å². The van der Waals surface area contributed by atoms with Crippen molar-refractivity contribution in [3.8, 4) is 0 Å². The fourth-order valence-electron chi connectivity index (χ4n) is 2.82. The second-order valence-electron chi connectivity index (χ2n) is 5.32. The zero-order valence-corrected chi connectivity index (χ0v) is 11.2. The molecule has 1 fully saturated rings. The van der Waals surface area contributed by atoms with Crippen molar-refractivity contribution in [2.24, 2.45) is 5.92 Å². The van der Waals surface area contributed by atoms with Gasteiger partial charge in [-0.3, -0.25) is 0 Å². The van der Waals surface area contributed by atoms with E-state index in [4.69, 9.17) is 0 Å². The van der Waals surface area contributed by atoms with Crippen LogP contribution in [0.2, 0.25) is 0 Å². The topological polar surface area (TPSA) is 12.0 Å². The van der Waals surface area contributed by atoms with Gasteiger partial charge in [0.1, 0.15) is 0 Å². The maximum Gasteiger partial charge on any atom is 0.0110 e. The smallest absolute Gasteiger partial charge is 0.0110 e. The van der Waals surface area contributed by atoms with Gasteiger partial charge < -0.3 is 5.32 Å². The Balaban J connectivity index is 1.90. The molecule has 0 aliphatic carbocycles. The number of nitrogens with one attached hydrogen (secondary N) is 1. The second-order valence-corrected chi connectivity index (χ2v) is 5.32. The Morgan fingerprint density at radius 2 is 1.82 bits per heavy atom. The van der Waals surface area contributed by atoms with Crippen LogP contribution in [0.5, 0.6) is 0 Å². The van der Waals surface area contributed by atoms with Gasteiger partial charge in [0.25, 0.3) is 0 Å². The lowest BCUT2D eigenvalue weighted by molar-refractivity contribution is 0.294. The van der Waals surface area contributed by atoms with E-state index in [1.807, 2.05) is 0 Å². The summed E-state index contributed by atoms with van der Waals surface area (Å²) in [6.45, 7) is 5.74. The van der Waals surface area contributed by atoms with Crippen molar-refractivity contribution in [2.75, 3.05) is 6.54 Å². The predicted octanol–water partition coefficient (Wildman–Crippen LogP) is 3.57. The molecule has 1 aromatic carbocycles. The molecule has 1 N–H and O–H groups in total. The molecule has 94 valence electrons. The molecule has 0 spiro atoms. The van der Waals surface area contributed by atoms with Crippen LogP contribution in [0.15, 0.2) is 24.3 Å². The highest BCUT2D eigenvalue weighted by atomic mass is 14.9. The number of aryl methyl sites for hydroxylation is 1. The zero-order chi connectivity index (χ0) is 12.1. The van der Waals surface area contributed by atoms with Crippen LogP contribution in [0, 0.1) is 5.92 Å². The highest BCUT2D eigenvalue weighted by molar-refractivity contribution is 5.23. The van der Waals surface area contributed by atoms with Crippen LogP contribution < -0.4 is 5.32 Å². The molecule has 1 nitrogen and oxygen atoms in total. The van der Waals surface area contributed by atoms with E-state index in [1.165, 1.54) is 43.4 Å². The molecule has 1 aliphatic rings. The van der Waals surface area contributed by atoms with E-state index < -0.39 is 0 Å². The van der Waals surface area contributed by atoms with E-state index >= 15 is 0 Å². The second kappa shape index (κ2) is 6.20. The highest BCUT2D eigenvalue weighted by Crippen LogP contribution is 2.21. The van der Waals surface area contributed by atoms with E-state index in [0.717, 1.165) is 12.3 Å². The van der Waals surface area contributed by atoms with E-state index in [-0.39, 0.29) is 0 Å². The molecule has 1 aromatic rings. The fraction of sp³-hybridized carbons (Fsp3) is 0.625. The lowest BCUT2D eigenvalue weighted by Crippen LogP contribution is -2.39. The molecule has 2 atom stereocenters. The van der Waals surface area contributed by atoms with Gasteiger partial charge >= 0.3 is 0 Å². The summed E-state index contributed by atoms with van der Waals surface area (Å²) in [5.41, 5.74) is 2.92. The Hall–Kier alpha value is -0.820. The van der Waals surface area contributed by atoms with Gasteiger partial charge in [0.15, 0.2) is 0 Å². The third kappa shape index (κ3) is 3.57. The number of hydrogen-bond acceptors (Lipinski definition) is 1. The predicted molar refractivity (Wildman–Crippen MR) is 74.3 cm³/mol. The van der Waals surface area contributed by atoms with Crippen LogP contribution in [-0.4, -0.2) is 12.6 Å². The van der Waals surface area contributed by atoms with Gasteiger partial charge in [-0.1, -0.05) is 44.5 Å². The van der Waals surface area contributed by atoms with Crippen molar-refractivity contribution in [2.45, 2.75) is 52.0 Å². The number of hydrogen-bond donors (Lipinski definition) is 1. The molecule has 1 aliphatic heterocycles. The van der Waals surface area contributed by atoms with Crippen LogP contribution in [-0.2, 0) is 12.8 Å². The van der Waals surface area contributed by atoms with Crippen molar-refractivity contribution in [3.05, 3.63) is 35.4 Å². The Kier molecular flexibility index (Phi) is 4.61. The largest absolute Gasteiger partial charge is 0.314 e. The molecule has 0 aromatic heterocycles. The van der Waals surface area contributed by atoms with Crippen LogP contribution in [0.3, 0.4) is 0 Å². The first-order valence-corrected chi connectivity index (χ1v) is 7.13. The third-order valence-corrected chi connectivity index (χ3v) is 4.09. The van der Waals surface area contributed by atoms with Crippen molar-refractivity contribution < 1.29 is 0 Å². The number of rotatable bonds is 4. The van der Waals surface area contributed by atoms with Crippen molar-refractivity contribution >= 4 is 0 Å². The minimum atomic E-state index is 0.696. The Morgan fingerprint density at radius 1 is 1.12 bits per heavy atom. The van der Waals surface area contributed by atoms with Gasteiger partial charge in [0.05, 0.1) is 0 Å². The molecule has 17 heavy (non-hydrogen) atoms. The van der Waals surface area contributed by atoms with Gasteiger partial charge in [0.2, 0.25) is 0 Å². The normalized spacial score (nSPS) is 24.8. The Morgan fingerprint density at radius 3 is 2.47 bits per heavy atom. The van der Waals surface area contributed by atoms with Crippen LogP contribution in [0.1, 0.15) is 44.2 Å². The molecule has 2 unspecified atom stereocenters. The Labute approximate surface area is 106 Å². The van der Waals surface area contributed by atoms with Gasteiger partial charge in [-0.15, -0.1) is 0 Å². The van der Waals surface area contributed by atoms with Gasteiger partial charge in [-0.05, 0) is 49.3 Å². The fourth-order valence-corrected chi connectivity index (χ4v) is 2.82. The summed E-state index contributed by atoms with van der Waals surface area (Å²) in [4.78, 5) is 0. The highest BCUT2D eigenvalue weighted by Gasteiger charge is 2.19. The summed E-state index contributed by atoms with van der Waals surface area (Å²) < 4.78 is 0. The first-order valence-electron chi connectivity index (χ1n) is 7.13. The van der Waals surface area contributed by atoms with Crippen molar-refractivity contribution in [3.63, 3.8) is 0 Å². The summed E-state index contributed by atoms with van der Waals surface area (Å²) in [7, 11) is 0. The Bertz CT molecular complexity index is 328. The molecular weight excluding hydrogens is 206 g/mol. The van der Waals surface area contributed by atoms with Crippen LogP contribution in [0.4, 0.5) is 0 Å². The monoisotopic (exact) mass is 231 g/mol. The first kappa shape index (κ1) is 12.6. The zero-order valence-electron chi connectivity index (χ0n) is 11.2. The SMILES string of the molecule is CCc1ccc(CC2CC(CC)CCN2)cc1. The third-order valence-electron chi connectivity index (χ3n) is 4.09. The number of benzene rings is 1. The molecular formula is C16H25N. The molecule has 1 heterocycles. The summed E-state index contributed by atoms with van der Waals surface area (Å²) in [6.07, 6.45) is 6.39. The van der Waals surface area contributed by atoms with Crippen molar-refractivity contribution in [1.29, 1.82) is 0 Å². The van der Waals surface area contributed by atoms with E-state index in [9.17, 15) is 0 Å². The summed E-state index contributed by atoms with van der Waals surface area (Å²) >= 11 is 0. The summed E-state index contributed by atoms with van der Waals surface area (Å²) in [5, 5.41) is 3.66.